The number of nitrogens with one attached hydrogen (secondary N) is 1. The molecule has 2 fully saturated rings. The zero-order valence-corrected chi connectivity index (χ0v) is 10.1. The molecule has 92 valence electrons. The fourth-order valence-electron chi connectivity index (χ4n) is 2.51. The molecule has 0 amide bonds. The monoisotopic (exact) mass is 233 g/mol. The molecule has 2 aliphatic heterocycles. The van der Waals surface area contributed by atoms with Crippen LogP contribution >= 0.6 is 0 Å². The minimum absolute atomic E-state index is 0.122. The Morgan fingerprint density at radius 2 is 2.18 bits per heavy atom. The first-order chi connectivity index (χ1) is 8.43. The maximum atomic E-state index is 5.69. The highest BCUT2D eigenvalue weighted by Crippen LogP contribution is 2.22. The molecule has 0 saturated carbocycles. The second-order valence-electron chi connectivity index (χ2n) is 4.70. The lowest BCUT2D eigenvalue weighted by Gasteiger charge is -2.24. The summed E-state index contributed by atoms with van der Waals surface area (Å²) in [6, 6.07) is 4.27. The van der Waals surface area contributed by atoms with Crippen LogP contribution in [0.15, 0.2) is 18.3 Å². The first-order valence-corrected chi connectivity index (χ1v) is 6.47. The molecule has 17 heavy (non-hydrogen) atoms. The Kier molecular flexibility index (Phi) is 3.25. The number of ether oxygens (including phenoxy) is 1. The van der Waals surface area contributed by atoms with Crippen molar-refractivity contribution >= 4 is 5.69 Å². The number of nitrogens with zero attached hydrogens (tertiary/aromatic N) is 2. The highest BCUT2D eigenvalue weighted by molar-refractivity contribution is 5.45. The third-order valence-electron chi connectivity index (χ3n) is 3.50. The molecule has 2 aliphatic rings. The van der Waals surface area contributed by atoms with Gasteiger partial charge in [0.2, 0.25) is 0 Å². The normalized spacial score (nSPS) is 25.2. The third-order valence-corrected chi connectivity index (χ3v) is 3.50. The summed E-state index contributed by atoms with van der Waals surface area (Å²) in [5.74, 6) is 0. The van der Waals surface area contributed by atoms with Gasteiger partial charge in [0.15, 0.2) is 0 Å². The van der Waals surface area contributed by atoms with E-state index in [2.05, 4.69) is 27.3 Å². The van der Waals surface area contributed by atoms with Crippen LogP contribution in [0.4, 0.5) is 5.69 Å². The molecule has 1 aromatic heterocycles. The van der Waals surface area contributed by atoms with Crippen LogP contribution in [-0.4, -0.2) is 37.8 Å². The van der Waals surface area contributed by atoms with Gasteiger partial charge in [-0.05, 0) is 25.0 Å². The van der Waals surface area contributed by atoms with Gasteiger partial charge in [-0.25, -0.2) is 0 Å². The molecule has 0 spiro atoms. The van der Waals surface area contributed by atoms with Crippen molar-refractivity contribution < 1.29 is 4.74 Å². The van der Waals surface area contributed by atoms with E-state index < -0.39 is 0 Å². The van der Waals surface area contributed by atoms with E-state index in [1.165, 1.54) is 31.6 Å². The molecule has 4 nitrogen and oxygen atoms in total. The van der Waals surface area contributed by atoms with Crippen molar-refractivity contribution in [3.05, 3.63) is 24.0 Å². The van der Waals surface area contributed by atoms with Gasteiger partial charge in [-0.3, -0.25) is 4.98 Å². The highest BCUT2D eigenvalue weighted by Gasteiger charge is 2.18. The zero-order valence-electron chi connectivity index (χ0n) is 10.1. The van der Waals surface area contributed by atoms with Crippen LogP contribution in [0, 0.1) is 0 Å². The SMILES string of the molecule is c1cc([C@@H]2CNCCO2)ncc1N1CCCC1. The van der Waals surface area contributed by atoms with Crippen LogP contribution in [0.2, 0.25) is 0 Å². The number of anilines is 1. The fraction of sp³-hybridized carbons (Fsp3) is 0.615. The average molecular weight is 233 g/mol. The van der Waals surface area contributed by atoms with Crippen molar-refractivity contribution in [3.63, 3.8) is 0 Å². The van der Waals surface area contributed by atoms with E-state index in [-0.39, 0.29) is 6.10 Å². The number of rotatable bonds is 2. The lowest BCUT2D eigenvalue weighted by molar-refractivity contribution is 0.0250. The first kappa shape index (κ1) is 11.0. The molecule has 0 radical (unpaired) electrons. The minimum atomic E-state index is 0.122. The Balaban J connectivity index is 1.70. The molecule has 0 aliphatic carbocycles. The largest absolute Gasteiger partial charge is 0.370 e. The van der Waals surface area contributed by atoms with E-state index in [1.807, 2.05) is 6.20 Å². The van der Waals surface area contributed by atoms with E-state index in [0.29, 0.717) is 0 Å². The summed E-state index contributed by atoms with van der Waals surface area (Å²) in [4.78, 5) is 6.94. The van der Waals surface area contributed by atoms with E-state index in [1.54, 1.807) is 0 Å². The number of pyridine rings is 1. The van der Waals surface area contributed by atoms with Crippen molar-refractivity contribution in [3.8, 4) is 0 Å². The third kappa shape index (κ3) is 2.42. The van der Waals surface area contributed by atoms with Gasteiger partial charge in [-0.15, -0.1) is 0 Å². The van der Waals surface area contributed by atoms with Gasteiger partial charge >= 0.3 is 0 Å². The Hall–Kier alpha value is -1.13. The van der Waals surface area contributed by atoms with Crippen molar-refractivity contribution in [1.82, 2.24) is 10.3 Å². The summed E-state index contributed by atoms with van der Waals surface area (Å²) < 4.78 is 5.69. The first-order valence-electron chi connectivity index (χ1n) is 6.47. The van der Waals surface area contributed by atoms with Gasteiger partial charge in [0.25, 0.3) is 0 Å². The van der Waals surface area contributed by atoms with Crippen LogP contribution in [0.25, 0.3) is 0 Å². The quantitative estimate of drug-likeness (QED) is 0.836. The Morgan fingerprint density at radius 1 is 1.29 bits per heavy atom. The zero-order chi connectivity index (χ0) is 11.5. The minimum Gasteiger partial charge on any atom is -0.370 e. The smallest absolute Gasteiger partial charge is 0.112 e. The van der Waals surface area contributed by atoms with Gasteiger partial charge in [0.1, 0.15) is 6.10 Å². The van der Waals surface area contributed by atoms with Crippen molar-refractivity contribution in [2.24, 2.45) is 0 Å². The summed E-state index contributed by atoms with van der Waals surface area (Å²) >= 11 is 0. The van der Waals surface area contributed by atoms with Crippen molar-refractivity contribution in [2.75, 3.05) is 37.7 Å². The van der Waals surface area contributed by atoms with Crippen LogP contribution in [0.1, 0.15) is 24.6 Å². The van der Waals surface area contributed by atoms with E-state index in [0.717, 1.165) is 25.4 Å². The molecular weight excluding hydrogens is 214 g/mol. The number of aromatic nitrogens is 1. The molecule has 2 saturated heterocycles. The second kappa shape index (κ2) is 5.02. The molecule has 0 bridgehead atoms. The molecule has 0 unspecified atom stereocenters. The Morgan fingerprint density at radius 3 is 2.82 bits per heavy atom. The molecule has 1 aromatic rings. The predicted octanol–water partition coefficient (Wildman–Crippen LogP) is 1.34. The van der Waals surface area contributed by atoms with Gasteiger partial charge in [-0.2, -0.15) is 0 Å². The molecule has 3 rings (SSSR count). The van der Waals surface area contributed by atoms with Crippen molar-refractivity contribution in [1.29, 1.82) is 0 Å². The van der Waals surface area contributed by atoms with Gasteiger partial charge in [-0.1, -0.05) is 0 Å². The van der Waals surface area contributed by atoms with Gasteiger partial charge < -0.3 is 15.0 Å². The maximum Gasteiger partial charge on any atom is 0.112 e. The van der Waals surface area contributed by atoms with Gasteiger partial charge in [0.05, 0.1) is 24.2 Å². The lowest BCUT2D eigenvalue weighted by Crippen LogP contribution is -2.33. The van der Waals surface area contributed by atoms with Crippen LogP contribution < -0.4 is 10.2 Å². The molecule has 1 atom stereocenters. The topological polar surface area (TPSA) is 37.4 Å². The summed E-state index contributed by atoms with van der Waals surface area (Å²) in [7, 11) is 0. The summed E-state index contributed by atoms with van der Waals surface area (Å²) in [5, 5.41) is 3.33. The maximum absolute atomic E-state index is 5.69. The second-order valence-corrected chi connectivity index (χ2v) is 4.70. The van der Waals surface area contributed by atoms with Gasteiger partial charge in [0, 0.05) is 26.2 Å². The molecule has 1 N–H and O–H groups in total. The molecule has 0 aromatic carbocycles. The Labute approximate surface area is 102 Å². The molecular formula is C13H19N3O. The number of hydrogen-bond acceptors (Lipinski definition) is 4. The van der Waals surface area contributed by atoms with E-state index in [4.69, 9.17) is 4.74 Å². The number of morpholine rings is 1. The highest BCUT2D eigenvalue weighted by atomic mass is 16.5. The van der Waals surface area contributed by atoms with E-state index in [9.17, 15) is 0 Å². The molecule has 4 heteroatoms. The fourth-order valence-corrected chi connectivity index (χ4v) is 2.51. The predicted molar refractivity (Wildman–Crippen MR) is 67.2 cm³/mol. The standard InChI is InChI=1S/C13H19N3O/c1-2-7-16(6-1)11-3-4-12(15-9-11)13-10-14-5-8-17-13/h3-4,9,13-14H,1-2,5-8,10H2/t13-/m0/s1. The average Bonchev–Trinajstić information content (AvgIpc) is 2.94. The number of hydrogen-bond donors (Lipinski definition) is 1. The molecule has 3 heterocycles. The van der Waals surface area contributed by atoms with Crippen LogP contribution in [0.3, 0.4) is 0 Å². The van der Waals surface area contributed by atoms with Crippen molar-refractivity contribution in [2.45, 2.75) is 18.9 Å². The summed E-state index contributed by atoms with van der Waals surface area (Å²) in [6.07, 6.45) is 4.71. The van der Waals surface area contributed by atoms with E-state index >= 15 is 0 Å². The lowest BCUT2D eigenvalue weighted by atomic mass is 10.2. The van der Waals surface area contributed by atoms with Crippen LogP contribution in [0.5, 0.6) is 0 Å². The van der Waals surface area contributed by atoms with Crippen LogP contribution in [-0.2, 0) is 4.74 Å². The Bertz CT molecular complexity index is 353. The summed E-state index contributed by atoms with van der Waals surface area (Å²) in [6.45, 7) is 4.93. The summed E-state index contributed by atoms with van der Waals surface area (Å²) in [5.41, 5.74) is 2.29.